The second-order valence-electron chi connectivity index (χ2n) is 7.60. The standard InChI is InChI=1S/C16H26N2O3S/c1-15(2,3)12-9-13(21-18-12)17-14(19)16(4,5)22(20)10-11-7-6-8-11/h9,11H,6-8,10H2,1-5H3,(H,17,19). The molecular weight excluding hydrogens is 300 g/mol. The molecule has 5 nitrogen and oxygen atoms in total. The number of hydrogen-bond acceptors (Lipinski definition) is 4. The highest BCUT2D eigenvalue weighted by molar-refractivity contribution is 7.93. The summed E-state index contributed by atoms with van der Waals surface area (Å²) >= 11 is -1.20. The quantitative estimate of drug-likeness (QED) is 0.843. The number of nitrogens with one attached hydrogen (secondary N) is 1. The van der Waals surface area contributed by atoms with Crippen molar-refractivity contribution in [1.82, 2.24) is 5.16 Å². The molecule has 0 saturated heterocycles. The number of rotatable bonds is 5. The lowest BCUT2D eigenvalue weighted by molar-refractivity contribution is -0.118. The van der Waals surface area contributed by atoms with E-state index in [-0.39, 0.29) is 11.3 Å². The molecule has 22 heavy (non-hydrogen) atoms. The minimum absolute atomic E-state index is 0.144. The molecule has 124 valence electrons. The van der Waals surface area contributed by atoms with Crippen molar-refractivity contribution in [2.24, 2.45) is 5.92 Å². The van der Waals surface area contributed by atoms with Crippen LogP contribution in [0.3, 0.4) is 0 Å². The summed E-state index contributed by atoms with van der Waals surface area (Å²) < 4.78 is 16.7. The number of amides is 1. The van der Waals surface area contributed by atoms with Crippen LogP contribution in [0.4, 0.5) is 5.88 Å². The van der Waals surface area contributed by atoms with E-state index in [1.807, 2.05) is 20.8 Å². The van der Waals surface area contributed by atoms with Gasteiger partial charge in [-0.05, 0) is 37.9 Å². The second kappa shape index (κ2) is 6.24. The van der Waals surface area contributed by atoms with E-state index in [2.05, 4.69) is 10.5 Å². The van der Waals surface area contributed by atoms with Gasteiger partial charge in [-0.3, -0.25) is 10.1 Å². The lowest BCUT2D eigenvalue weighted by Crippen LogP contribution is -2.47. The molecule has 1 aromatic heterocycles. The summed E-state index contributed by atoms with van der Waals surface area (Å²) in [6.45, 7) is 9.51. The van der Waals surface area contributed by atoms with Crippen molar-refractivity contribution in [3.05, 3.63) is 11.8 Å². The smallest absolute Gasteiger partial charge is 0.282 e. The van der Waals surface area contributed by atoms with Crippen LogP contribution in [0, 0.1) is 5.92 Å². The average Bonchev–Trinajstić information content (AvgIpc) is 2.81. The Balaban J connectivity index is 1.98. The van der Waals surface area contributed by atoms with Gasteiger partial charge in [-0.2, -0.15) is 0 Å². The molecule has 1 N–H and O–H groups in total. The van der Waals surface area contributed by atoms with Gasteiger partial charge >= 0.3 is 0 Å². The van der Waals surface area contributed by atoms with E-state index in [0.717, 1.165) is 18.5 Å². The first-order valence-electron chi connectivity index (χ1n) is 7.78. The first kappa shape index (κ1) is 17.3. The third-order valence-corrected chi connectivity index (χ3v) is 6.34. The van der Waals surface area contributed by atoms with Crippen molar-refractivity contribution < 1.29 is 13.9 Å². The van der Waals surface area contributed by atoms with Crippen LogP contribution in [-0.4, -0.2) is 26.1 Å². The Morgan fingerprint density at radius 3 is 2.50 bits per heavy atom. The highest BCUT2D eigenvalue weighted by Gasteiger charge is 2.42. The Morgan fingerprint density at radius 2 is 2.05 bits per heavy atom. The molecule has 0 bridgehead atoms. The first-order valence-corrected chi connectivity index (χ1v) is 9.09. The van der Waals surface area contributed by atoms with E-state index < -0.39 is 15.9 Å². The number of anilines is 1. The highest BCUT2D eigenvalue weighted by atomic mass is 32.2. The fraction of sp³-hybridized carbons (Fsp3) is 0.750. The molecule has 0 aliphatic heterocycles. The molecule has 0 spiro atoms. The van der Waals surface area contributed by atoms with E-state index in [4.69, 9.17) is 4.52 Å². The van der Waals surface area contributed by atoms with Crippen LogP contribution >= 0.6 is 0 Å². The van der Waals surface area contributed by atoms with Gasteiger partial charge in [-0.1, -0.05) is 32.3 Å². The fourth-order valence-corrected chi connectivity index (χ4v) is 3.57. The summed E-state index contributed by atoms with van der Waals surface area (Å²) in [6.07, 6.45) is 3.46. The predicted octanol–water partition coefficient (Wildman–Crippen LogP) is 3.24. The SMILES string of the molecule is CC(C)(C)c1cc(NC(=O)C(C)(C)[S+]([O-])CC2CCC2)on1. The molecule has 1 aromatic rings. The molecule has 0 radical (unpaired) electrons. The van der Waals surface area contributed by atoms with Crippen LogP contribution in [0.5, 0.6) is 0 Å². The summed E-state index contributed by atoms with van der Waals surface area (Å²) in [7, 11) is 0. The van der Waals surface area contributed by atoms with Gasteiger partial charge < -0.3 is 9.08 Å². The van der Waals surface area contributed by atoms with Crippen LogP contribution in [0.25, 0.3) is 0 Å². The molecule has 1 fully saturated rings. The molecule has 1 heterocycles. The summed E-state index contributed by atoms with van der Waals surface area (Å²) in [5.41, 5.74) is 0.630. The minimum Gasteiger partial charge on any atom is -0.616 e. The zero-order chi connectivity index (χ0) is 16.5. The van der Waals surface area contributed by atoms with Crippen LogP contribution in [0.2, 0.25) is 0 Å². The van der Waals surface area contributed by atoms with Crippen LogP contribution < -0.4 is 5.32 Å². The van der Waals surface area contributed by atoms with Crippen molar-refractivity contribution in [2.45, 2.75) is 64.0 Å². The lowest BCUT2D eigenvalue weighted by Gasteiger charge is -2.32. The van der Waals surface area contributed by atoms with Gasteiger partial charge in [0.25, 0.3) is 5.91 Å². The van der Waals surface area contributed by atoms with Gasteiger partial charge in [-0.25, -0.2) is 0 Å². The van der Waals surface area contributed by atoms with Gasteiger partial charge in [-0.15, -0.1) is 0 Å². The number of carbonyl (C=O) groups excluding carboxylic acids is 1. The van der Waals surface area contributed by atoms with Crippen LogP contribution in [0.1, 0.15) is 59.6 Å². The molecule has 1 unspecified atom stereocenters. The number of hydrogen-bond donors (Lipinski definition) is 1. The lowest BCUT2D eigenvalue weighted by atomic mass is 9.87. The number of aromatic nitrogens is 1. The van der Waals surface area contributed by atoms with Crippen molar-refractivity contribution >= 4 is 23.0 Å². The largest absolute Gasteiger partial charge is 0.616 e. The van der Waals surface area contributed by atoms with Gasteiger partial charge in [0.15, 0.2) is 4.75 Å². The molecule has 1 amide bonds. The first-order chi connectivity index (χ1) is 10.1. The normalized spacial score (nSPS) is 17.9. The van der Waals surface area contributed by atoms with Gasteiger partial charge in [0.1, 0.15) is 5.75 Å². The molecule has 1 saturated carbocycles. The van der Waals surface area contributed by atoms with Crippen LogP contribution in [-0.2, 0) is 21.4 Å². The molecule has 1 aliphatic rings. The summed E-state index contributed by atoms with van der Waals surface area (Å²) in [6, 6.07) is 1.73. The van der Waals surface area contributed by atoms with E-state index >= 15 is 0 Å². The maximum Gasteiger partial charge on any atom is 0.282 e. The highest BCUT2D eigenvalue weighted by Crippen LogP contribution is 2.32. The summed E-state index contributed by atoms with van der Waals surface area (Å²) in [4.78, 5) is 12.4. The summed E-state index contributed by atoms with van der Waals surface area (Å²) in [5.74, 6) is 1.13. The third-order valence-electron chi connectivity index (χ3n) is 4.24. The van der Waals surface area contributed by atoms with Gasteiger partial charge in [0, 0.05) is 17.4 Å². The maximum absolute atomic E-state index is 12.5. The molecule has 0 aromatic carbocycles. The summed E-state index contributed by atoms with van der Waals surface area (Å²) in [5, 5.41) is 6.68. The van der Waals surface area contributed by atoms with Crippen molar-refractivity contribution in [2.75, 3.05) is 11.1 Å². The Labute approximate surface area is 135 Å². The number of nitrogens with zero attached hydrogens (tertiary/aromatic N) is 1. The average molecular weight is 326 g/mol. The third kappa shape index (κ3) is 3.84. The Bertz CT molecular complexity index is 530. The molecule has 1 aliphatic carbocycles. The Hall–Kier alpha value is -1.01. The fourth-order valence-electron chi connectivity index (χ4n) is 2.14. The molecule has 1 atom stereocenters. The Morgan fingerprint density at radius 1 is 1.41 bits per heavy atom. The second-order valence-corrected chi connectivity index (χ2v) is 9.64. The van der Waals surface area contributed by atoms with Crippen molar-refractivity contribution in [3.8, 4) is 0 Å². The zero-order valence-electron chi connectivity index (χ0n) is 14.1. The van der Waals surface area contributed by atoms with Gasteiger partial charge in [0.2, 0.25) is 5.88 Å². The van der Waals surface area contributed by atoms with E-state index in [1.165, 1.54) is 6.42 Å². The minimum atomic E-state index is -1.20. The monoisotopic (exact) mass is 326 g/mol. The topological polar surface area (TPSA) is 78.2 Å². The predicted molar refractivity (Wildman–Crippen MR) is 88.3 cm³/mol. The van der Waals surface area contributed by atoms with E-state index in [0.29, 0.717) is 17.6 Å². The van der Waals surface area contributed by atoms with Crippen molar-refractivity contribution in [3.63, 3.8) is 0 Å². The molecule has 2 rings (SSSR count). The number of carbonyl (C=O) groups is 1. The molecular formula is C16H26N2O3S. The van der Waals surface area contributed by atoms with E-state index in [9.17, 15) is 9.35 Å². The molecule has 6 heteroatoms. The zero-order valence-corrected chi connectivity index (χ0v) is 14.9. The van der Waals surface area contributed by atoms with E-state index in [1.54, 1.807) is 19.9 Å². The van der Waals surface area contributed by atoms with Crippen LogP contribution in [0.15, 0.2) is 10.6 Å². The van der Waals surface area contributed by atoms with Crippen molar-refractivity contribution in [1.29, 1.82) is 0 Å². The maximum atomic E-state index is 12.5. The van der Waals surface area contributed by atoms with Gasteiger partial charge in [0.05, 0.1) is 5.69 Å². The Kier molecular flexibility index (Phi) is 4.92.